The van der Waals surface area contributed by atoms with E-state index in [1.807, 2.05) is 0 Å². The van der Waals surface area contributed by atoms with Crippen LogP contribution in [0.5, 0.6) is 0 Å². The van der Waals surface area contributed by atoms with Crippen molar-refractivity contribution in [3.8, 4) is 0 Å². The molecule has 2 heterocycles. The van der Waals surface area contributed by atoms with Crippen LogP contribution in [0.1, 0.15) is 59.8 Å². The standard InChI is InChI=1S/C23H32N2O12S/c1-12(26)24-20-22(35-15(4)29)21(34-14(3)28)16(11-33-13(2)27)36-23(20)38-10-6-5-7-19(32)37-25-17(30)8-9-18(25)31/h16,20-23H,5-11H2,1-4H3,(H,24,26)/t16?,20?,21-,22+,23+/m0/s1. The van der Waals surface area contributed by atoms with Gasteiger partial charge in [-0.25, -0.2) is 4.79 Å². The Morgan fingerprint density at radius 1 is 0.921 bits per heavy atom. The van der Waals surface area contributed by atoms with Crippen molar-refractivity contribution in [3.63, 3.8) is 0 Å². The first kappa shape index (κ1) is 31.0. The van der Waals surface area contributed by atoms with Gasteiger partial charge in [0.1, 0.15) is 24.2 Å². The van der Waals surface area contributed by atoms with Gasteiger partial charge in [-0.1, -0.05) is 0 Å². The van der Waals surface area contributed by atoms with Crippen LogP contribution in [0.2, 0.25) is 0 Å². The van der Waals surface area contributed by atoms with Gasteiger partial charge in [0.25, 0.3) is 11.8 Å². The summed E-state index contributed by atoms with van der Waals surface area (Å²) in [7, 11) is 0. The molecule has 0 aliphatic carbocycles. The molecular weight excluding hydrogens is 528 g/mol. The van der Waals surface area contributed by atoms with E-state index < -0.39 is 71.4 Å². The minimum absolute atomic E-state index is 0.00467. The van der Waals surface area contributed by atoms with Crippen LogP contribution in [0, 0.1) is 0 Å². The van der Waals surface area contributed by atoms with Gasteiger partial charge >= 0.3 is 23.9 Å². The zero-order chi connectivity index (χ0) is 28.4. The van der Waals surface area contributed by atoms with Gasteiger partial charge < -0.3 is 29.1 Å². The topological polar surface area (TPSA) is 181 Å². The summed E-state index contributed by atoms with van der Waals surface area (Å²) in [6.07, 6.45) is -2.50. The van der Waals surface area contributed by atoms with Gasteiger partial charge in [-0.2, -0.15) is 0 Å². The number of hydroxylamine groups is 2. The summed E-state index contributed by atoms with van der Waals surface area (Å²) in [6, 6.07) is -0.920. The monoisotopic (exact) mass is 560 g/mol. The van der Waals surface area contributed by atoms with E-state index in [4.69, 9.17) is 23.8 Å². The number of hydrogen-bond acceptors (Lipinski definition) is 13. The highest BCUT2D eigenvalue weighted by atomic mass is 32.2. The molecule has 0 saturated carbocycles. The van der Waals surface area contributed by atoms with Crippen molar-refractivity contribution in [2.45, 2.75) is 89.6 Å². The summed E-state index contributed by atoms with van der Waals surface area (Å²) in [5.41, 5.74) is -0.803. The van der Waals surface area contributed by atoms with Crippen molar-refractivity contribution in [3.05, 3.63) is 0 Å². The van der Waals surface area contributed by atoms with Crippen molar-refractivity contribution in [2.75, 3.05) is 12.4 Å². The third-order valence-corrected chi connectivity index (χ3v) is 6.58. The number of unbranched alkanes of at least 4 members (excludes halogenated alkanes) is 1. The number of hydrogen-bond donors (Lipinski definition) is 1. The van der Waals surface area contributed by atoms with Crippen LogP contribution in [0.15, 0.2) is 0 Å². The Morgan fingerprint density at radius 2 is 1.53 bits per heavy atom. The molecule has 212 valence electrons. The molecule has 3 amide bonds. The molecule has 0 aromatic carbocycles. The molecule has 1 N–H and O–H groups in total. The lowest BCUT2D eigenvalue weighted by molar-refractivity contribution is -0.211. The van der Waals surface area contributed by atoms with Gasteiger partial charge in [0.2, 0.25) is 5.91 Å². The summed E-state index contributed by atoms with van der Waals surface area (Å²) < 4.78 is 21.9. The van der Waals surface area contributed by atoms with Crippen molar-refractivity contribution < 1.29 is 57.3 Å². The summed E-state index contributed by atoms with van der Waals surface area (Å²) >= 11 is 1.24. The Bertz CT molecular complexity index is 925. The zero-order valence-electron chi connectivity index (χ0n) is 21.6. The van der Waals surface area contributed by atoms with Crippen LogP contribution in [-0.4, -0.2) is 88.8 Å². The Balaban J connectivity index is 2.05. The predicted octanol–water partition coefficient (Wildman–Crippen LogP) is 0.153. The SMILES string of the molecule is CC(=O)NC1[C@@H](SCCCCC(=O)ON2C(=O)CCC2=O)OC(COC(C)=O)[C@H](OC(C)=O)[C@@H]1OC(C)=O. The fraction of sp³-hybridized carbons (Fsp3) is 0.696. The number of amides is 3. The molecule has 2 rings (SSSR count). The number of nitrogens with one attached hydrogen (secondary N) is 1. The highest BCUT2D eigenvalue weighted by Gasteiger charge is 2.50. The Hall–Kier alpha value is -3.20. The van der Waals surface area contributed by atoms with Crippen molar-refractivity contribution in [1.82, 2.24) is 10.4 Å². The number of nitrogens with zero attached hydrogens (tertiary/aromatic N) is 1. The third-order valence-electron chi connectivity index (χ3n) is 5.33. The molecule has 2 aliphatic rings. The average Bonchev–Trinajstić information content (AvgIpc) is 3.12. The lowest BCUT2D eigenvalue weighted by Crippen LogP contribution is -2.65. The van der Waals surface area contributed by atoms with E-state index in [2.05, 4.69) is 5.32 Å². The van der Waals surface area contributed by atoms with Crippen LogP contribution in [0.25, 0.3) is 0 Å². The third kappa shape index (κ3) is 9.59. The van der Waals surface area contributed by atoms with E-state index in [1.165, 1.54) is 25.6 Å². The van der Waals surface area contributed by atoms with Crippen LogP contribution >= 0.6 is 11.8 Å². The maximum Gasteiger partial charge on any atom is 0.333 e. The molecule has 2 fully saturated rings. The Labute approximate surface area is 223 Å². The summed E-state index contributed by atoms with van der Waals surface area (Å²) in [5, 5.41) is 3.17. The molecule has 0 aromatic heterocycles. The zero-order valence-corrected chi connectivity index (χ0v) is 22.4. The molecular formula is C23H32N2O12S. The van der Waals surface area contributed by atoms with E-state index in [0.717, 1.165) is 13.8 Å². The molecule has 5 atom stereocenters. The number of rotatable bonds is 12. The quantitative estimate of drug-likeness (QED) is 0.148. The van der Waals surface area contributed by atoms with E-state index in [0.29, 0.717) is 23.7 Å². The minimum Gasteiger partial charge on any atom is -0.463 e. The molecule has 2 unspecified atom stereocenters. The number of carbonyl (C=O) groups is 7. The first-order valence-corrected chi connectivity index (χ1v) is 13.0. The summed E-state index contributed by atoms with van der Waals surface area (Å²) in [6.45, 7) is 4.48. The largest absolute Gasteiger partial charge is 0.463 e. The van der Waals surface area contributed by atoms with Gasteiger partial charge in [0.05, 0.1) is 0 Å². The predicted molar refractivity (Wildman–Crippen MR) is 127 cm³/mol. The molecule has 14 nitrogen and oxygen atoms in total. The molecule has 0 radical (unpaired) electrons. The number of thioether (sulfide) groups is 1. The van der Waals surface area contributed by atoms with E-state index in [-0.39, 0.29) is 25.9 Å². The maximum absolute atomic E-state index is 12.0. The van der Waals surface area contributed by atoms with Crippen molar-refractivity contribution >= 4 is 53.4 Å². The molecule has 0 spiro atoms. The number of carbonyl (C=O) groups excluding carboxylic acids is 7. The highest BCUT2D eigenvalue weighted by Crippen LogP contribution is 2.33. The molecule has 15 heteroatoms. The smallest absolute Gasteiger partial charge is 0.333 e. The van der Waals surface area contributed by atoms with Gasteiger partial charge in [-0.05, 0) is 18.6 Å². The number of esters is 3. The second-order valence-corrected chi connectivity index (χ2v) is 9.80. The minimum atomic E-state index is -1.17. The number of imide groups is 1. The van der Waals surface area contributed by atoms with E-state index >= 15 is 0 Å². The second-order valence-electron chi connectivity index (χ2n) is 8.59. The number of ether oxygens (including phenoxy) is 4. The Morgan fingerprint density at radius 3 is 2.08 bits per heavy atom. The van der Waals surface area contributed by atoms with Gasteiger partial charge in [0, 0.05) is 47.0 Å². The molecule has 0 bridgehead atoms. The summed E-state index contributed by atoms with van der Waals surface area (Å²) in [5.74, 6) is -3.85. The Kier molecular flexibility index (Phi) is 12.0. The lowest BCUT2D eigenvalue weighted by Gasteiger charge is -2.45. The lowest BCUT2D eigenvalue weighted by atomic mass is 9.97. The highest BCUT2D eigenvalue weighted by molar-refractivity contribution is 7.99. The summed E-state index contributed by atoms with van der Waals surface area (Å²) in [4.78, 5) is 87.0. The first-order valence-electron chi connectivity index (χ1n) is 12.0. The van der Waals surface area contributed by atoms with E-state index in [1.54, 1.807) is 0 Å². The van der Waals surface area contributed by atoms with Crippen LogP contribution in [0.4, 0.5) is 0 Å². The molecule has 0 aromatic rings. The fourth-order valence-corrected chi connectivity index (χ4v) is 5.06. The maximum atomic E-state index is 12.0. The van der Waals surface area contributed by atoms with Crippen LogP contribution in [0.3, 0.4) is 0 Å². The fourth-order valence-electron chi connectivity index (χ4n) is 3.81. The van der Waals surface area contributed by atoms with Crippen molar-refractivity contribution in [1.29, 1.82) is 0 Å². The van der Waals surface area contributed by atoms with Gasteiger partial charge in [0.15, 0.2) is 12.2 Å². The van der Waals surface area contributed by atoms with Gasteiger partial charge in [-0.15, -0.1) is 16.8 Å². The molecule has 38 heavy (non-hydrogen) atoms. The van der Waals surface area contributed by atoms with Gasteiger partial charge in [-0.3, -0.25) is 28.8 Å². The molecule has 2 saturated heterocycles. The van der Waals surface area contributed by atoms with Crippen LogP contribution in [-0.2, 0) is 57.3 Å². The first-order chi connectivity index (χ1) is 17.9. The average molecular weight is 561 g/mol. The van der Waals surface area contributed by atoms with Crippen LogP contribution < -0.4 is 5.32 Å². The van der Waals surface area contributed by atoms with E-state index in [9.17, 15) is 33.6 Å². The molecule has 2 aliphatic heterocycles. The normalized spacial score (nSPS) is 24.9. The van der Waals surface area contributed by atoms with Crippen molar-refractivity contribution in [2.24, 2.45) is 0 Å². The second kappa shape index (κ2) is 14.7.